The molecule has 1 aromatic carbocycles. The number of hydrogen-bond donors (Lipinski definition) is 2. The van der Waals surface area contributed by atoms with E-state index >= 15 is 0 Å². The molecule has 2 atom stereocenters. The van der Waals surface area contributed by atoms with Crippen molar-refractivity contribution in [2.45, 2.75) is 30.3 Å². The molecule has 1 saturated heterocycles. The van der Waals surface area contributed by atoms with Gasteiger partial charge in [-0.3, -0.25) is 0 Å². The minimum Gasteiger partial charge on any atom is -0.465 e. The zero-order valence-electron chi connectivity index (χ0n) is 13.9. The van der Waals surface area contributed by atoms with Crippen LogP contribution < -0.4 is 4.72 Å². The van der Waals surface area contributed by atoms with E-state index in [1.807, 2.05) is 6.19 Å². The van der Waals surface area contributed by atoms with Crippen LogP contribution in [0.5, 0.6) is 0 Å². The van der Waals surface area contributed by atoms with Crippen LogP contribution in [-0.4, -0.2) is 61.1 Å². The van der Waals surface area contributed by atoms with Crippen molar-refractivity contribution < 1.29 is 18.3 Å². The number of likely N-dealkylation sites (tertiary alicyclic amines) is 1. The quantitative estimate of drug-likeness (QED) is 0.569. The minimum absolute atomic E-state index is 0.0968. The highest BCUT2D eigenvalue weighted by molar-refractivity contribution is 9.11. The van der Waals surface area contributed by atoms with E-state index in [2.05, 4.69) is 36.6 Å². The Balaban J connectivity index is 2.14. The summed E-state index contributed by atoms with van der Waals surface area (Å²) in [6.07, 6.45) is 1.31. The number of carboxylic acid groups (broad SMARTS) is 1. The largest absolute Gasteiger partial charge is 0.465 e. The molecule has 1 aromatic rings. The number of carbonyl (C=O) groups is 1. The van der Waals surface area contributed by atoms with E-state index in [1.54, 1.807) is 19.1 Å². The van der Waals surface area contributed by atoms with Gasteiger partial charge in [0.1, 0.15) is 0 Å². The molecule has 1 aliphatic rings. The van der Waals surface area contributed by atoms with Crippen LogP contribution in [0, 0.1) is 11.5 Å². The molecule has 1 amide bonds. The first kappa shape index (κ1) is 21.0. The van der Waals surface area contributed by atoms with Gasteiger partial charge in [0.15, 0.2) is 6.19 Å². The van der Waals surface area contributed by atoms with Crippen molar-refractivity contribution in [1.82, 2.24) is 14.5 Å². The molecule has 26 heavy (non-hydrogen) atoms. The Labute approximate surface area is 169 Å². The van der Waals surface area contributed by atoms with Gasteiger partial charge in [-0.1, -0.05) is 15.9 Å². The summed E-state index contributed by atoms with van der Waals surface area (Å²) < 4.78 is 29.0. The number of likely N-dealkylation sites (N-methyl/N-ethyl adjacent to an activating group) is 1. The lowest BCUT2D eigenvalue weighted by Gasteiger charge is -2.24. The SMILES string of the molecule is CCN(C[C@H]1C[C@@H](NS(=O)(=O)c2cc(Br)ccc2Br)CN1C#N)C(=O)O. The predicted octanol–water partition coefficient (Wildman–Crippen LogP) is 2.41. The molecule has 142 valence electrons. The maximum Gasteiger partial charge on any atom is 0.407 e. The highest BCUT2D eigenvalue weighted by atomic mass is 79.9. The molecule has 8 nitrogen and oxygen atoms in total. The number of hydrogen-bond acceptors (Lipinski definition) is 5. The molecule has 0 radical (unpaired) electrons. The second-order valence-corrected chi connectivity index (χ2v) is 9.31. The van der Waals surface area contributed by atoms with Gasteiger partial charge in [-0.05, 0) is 47.5 Å². The van der Waals surface area contributed by atoms with Crippen LogP contribution in [0.1, 0.15) is 13.3 Å². The Morgan fingerprint density at radius 3 is 2.77 bits per heavy atom. The highest BCUT2D eigenvalue weighted by Crippen LogP contribution is 2.27. The van der Waals surface area contributed by atoms with Crippen LogP contribution in [-0.2, 0) is 10.0 Å². The molecule has 0 aromatic heterocycles. The molecule has 1 heterocycles. The number of amides is 1. The number of nitrogens with zero attached hydrogens (tertiary/aromatic N) is 3. The first-order valence-corrected chi connectivity index (χ1v) is 10.9. The number of sulfonamides is 1. The van der Waals surface area contributed by atoms with E-state index in [4.69, 9.17) is 5.11 Å². The first-order chi connectivity index (χ1) is 12.2. The number of nitrogens with one attached hydrogen (secondary N) is 1. The van der Waals surface area contributed by atoms with Gasteiger partial charge in [-0.25, -0.2) is 17.9 Å². The monoisotopic (exact) mass is 508 g/mol. The lowest BCUT2D eigenvalue weighted by atomic mass is 10.1. The highest BCUT2D eigenvalue weighted by Gasteiger charge is 2.36. The summed E-state index contributed by atoms with van der Waals surface area (Å²) in [6.45, 7) is 2.36. The Morgan fingerprint density at radius 1 is 1.50 bits per heavy atom. The van der Waals surface area contributed by atoms with E-state index < -0.39 is 22.2 Å². The zero-order valence-corrected chi connectivity index (χ0v) is 17.9. The average Bonchev–Trinajstić information content (AvgIpc) is 2.95. The lowest BCUT2D eigenvalue weighted by molar-refractivity contribution is 0.136. The summed E-state index contributed by atoms with van der Waals surface area (Å²) in [5.74, 6) is 0. The van der Waals surface area contributed by atoms with Gasteiger partial charge in [-0.15, -0.1) is 0 Å². The summed E-state index contributed by atoms with van der Waals surface area (Å²) in [7, 11) is -3.80. The van der Waals surface area contributed by atoms with Crippen LogP contribution in [0.2, 0.25) is 0 Å². The number of benzene rings is 1. The summed E-state index contributed by atoms with van der Waals surface area (Å²) in [6, 6.07) is 3.99. The normalized spacial score (nSPS) is 20.0. The fourth-order valence-electron chi connectivity index (χ4n) is 2.86. The molecular weight excluding hydrogens is 492 g/mol. The van der Waals surface area contributed by atoms with Crippen molar-refractivity contribution in [2.75, 3.05) is 19.6 Å². The third-order valence-electron chi connectivity index (χ3n) is 4.13. The van der Waals surface area contributed by atoms with Crippen LogP contribution in [0.3, 0.4) is 0 Å². The van der Waals surface area contributed by atoms with Crippen molar-refractivity contribution in [2.24, 2.45) is 0 Å². The molecule has 0 saturated carbocycles. The minimum atomic E-state index is -3.80. The molecule has 2 N–H and O–H groups in total. The summed E-state index contributed by atoms with van der Waals surface area (Å²) in [4.78, 5) is 13.9. The first-order valence-electron chi connectivity index (χ1n) is 7.79. The van der Waals surface area contributed by atoms with Gasteiger partial charge in [0.2, 0.25) is 10.0 Å². The third-order valence-corrected chi connectivity index (χ3v) is 7.14. The zero-order chi connectivity index (χ0) is 19.5. The fraction of sp³-hybridized carbons (Fsp3) is 0.467. The topological polar surface area (TPSA) is 114 Å². The standard InChI is InChI=1S/C15H18Br2N4O4S/c1-2-20(15(22)23)8-12-6-11(7-21(12)9-18)19-26(24,25)14-5-10(16)3-4-13(14)17/h3-5,11-12,19H,2,6-8H2,1H3,(H,22,23)/t11-,12-/m1/s1. The Hall–Kier alpha value is -1.35. The number of rotatable bonds is 6. The second-order valence-electron chi connectivity index (χ2n) is 5.86. The maximum atomic E-state index is 12.7. The third kappa shape index (κ3) is 4.88. The van der Waals surface area contributed by atoms with Crippen molar-refractivity contribution in [3.63, 3.8) is 0 Å². The van der Waals surface area contributed by atoms with Gasteiger partial charge in [-0.2, -0.15) is 5.26 Å². The van der Waals surface area contributed by atoms with Gasteiger partial charge in [0, 0.05) is 34.6 Å². The summed E-state index contributed by atoms with van der Waals surface area (Å²) >= 11 is 6.49. The van der Waals surface area contributed by atoms with Gasteiger partial charge in [0.05, 0.1) is 10.9 Å². The van der Waals surface area contributed by atoms with Crippen molar-refractivity contribution in [3.8, 4) is 6.19 Å². The van der Waals surface area contributed by atoms with Crippen LogP contribution in [0.4, 0.5) is 4.79 Å². The summed E-state index contributed by atoms with van der Waals surface area (Å²) in [5, 5.41) is 18.4. The van der Waals surface area contributed by atoms with Crippen molar-refractivity contribution in [3.05, 3.63) is 27.1 Å². The molecule has 11 heteroatoms. The lowest BCUT2D eigenvalue weighted by Crippen LogP contribution is -2.40. The van der Waals surface area contributed by atoms with Gasteiger partial charge in [0.25, 0.3) is 0 Å². The average molecular weight is 510 g/mol. The van der Waals surface area contributed by atoms with E-state index in [0.29, 0.717) is 21.9 Å². The van der Waals surface area contributed by atoms with E-state index in [1.165, 1.54) is 15.9 Å². The van der Waals surface area contributed by atoms with E-state index in [0.717, 1.165) is 0 Å². The van der Waals surface area contributed by atoms with Crippen LogP contribution >= 0.6 is 31.9 Å². The molecule has 0 bridgehead atoms. The number of nitriles is 1. The Kier molecular flexibility index (Phi) is 6.90. The number of halogens is 2. The van der Waals surface area contributed by atoms with Gasteiger partial charge >= 0.3 is 6.09 Å². The smallest absolute Gasteiger partial charge is 0.407 e. The van der Waals surface area contributed by atoms with Crippen LogP contribution in [0.15, 0.2) is 32.0 Å². The predicted molar refractivity (Wildman–Crippen MR) is 102 cm³/mol. The van der Waals surface area contributed by atoms with E-state index in [-0.39, 0.29) is 24.0 Å². The molecule has 0 unspecified atom stereocenters. The Bertz CT molecular complexity index is 827. The van der Waals surface area contributed by atoms with Crippen molar-refractivity contribution in [1.29, 1.82) is 5.26 Å². The fourth-order valence-corrected chi connectivity index (χ4v) is 5.60. The van der Waals surface area contributed by atoms with E-state index in [9.17, 15) is 18.5 Å². The molecule has 2 rings (SSSR count). The molecule has 0 spiro atoms. The molecular formula is C15H18Br2N4O4S. The molecule has 1 aliphatic heterocycles. The second kappa shape index (κ2) is 8.56. The summed E-state index contributed by atoms with van der Waals surface area (Å²) in [5.41, 5.74) is 0. The van der Waals surface area contributed by atoms with Gasteiger partial charge < -0.3 is 14.9 Å². The van der Waals surface area contributed by atoms with Crippen LogP contribution in [0.25, 0.3) is 0 Å². The maximum absolute atomic E-state index is 12.7. The molecule has 1 fully saturated rings. The van der Waals surface area contributed by atoms with Crippen molar-refractivity contribution >= 4 is 48.0 Å². The Morgan fingerprint density at radius 2 is 2.19 bits per heavy atom. The molecule has 0 aliphatic carbocycles.